The van der Waals surface area contributed by atoms with E-state index >= 15 is 0 Å². The van der Waals surface area contributed by atoms with Crippen LogP contribution in [-0.4, -0.2) is 63.3 Å². The first-order chi connectivity index (χ1) is 10.3. The predicted molar refractivity (Wildman–Crippen MR) is 82.9 cm³/mol. The van der Waals surface area contributed by atoms with Crippen molar-refractivity contribution in [2.75, 3.05) is 58.6 Å². The van der Waals surface area contributed by atoms with Gasteiger partial charge in [0, 0.05) is 13.7 Å². The summed E-state index contributed by atoms with van der Waals surface area (Å²) >= 11 is 3.35. The van der Waals surface area contributed by atoms with Crippen LogP contribution in [0.25, 0.3) is 0 Å². The Hall–Kier alpha value is -0.960. The van der Waals surface area contributed by atoms with Crippen LogP contribution in [0.4, 0.5) is 5.95 Å². The predicted octanol–water partition coefficient (Wildman–Crippen LogP) is 1.73. The third kappa shape index (κ3) is 8.15. The third-order valence-electron chi connectivity index (χ3n) is 2.32. The van der Waals surface area contributed by atoms with E-state index in [9.17, 15) is 0 Å². The lowest BCUT2D eigenvalue weighted by molar-refractivity contribution is 0.0176. The Morgan fingerprint density at radius 1 is 1.10 bits per heavy atom. The summed E-state index contributed by atoms with van der Waals surface area (Å²) in [5, 5.41) is 3.03. The van der Waals surface area contributed by atoms with Crippen molar-refractivity contribution in [3.8, 4) is 5.88 Å². The molecule has 0 aliphatic heterocycles. The second-order valence-electron chi connectivity index (χ2n) is 3.94. The van der Waals surface area contributed by atoms with E-state index in [1.165, 1.54) is 0 Å². The van der Waals surface area contributed by atoms with Crippen LogP contribution in [0.1, 0.15) is 6.92 Å². The minimum atomic E-state index is 0.416. The molecule has 0 aliphatic carbocycles. The third-order valence-corrected chi connectivity index (χ3v) is 2.86. The van der Waals surface area contributed by atoms with Gasteiger partial charge in [-0.15, -0.1) is 0 Å². The first-order valence-corrected chi connectivity index (χ1v) is 7.60. The molecule has 1 aromatic rings. The van der Waals surface area contributed by atoms with Gasteiger partial charge < -0.3 is 24.3 Å². The lowest BCUT2D eigenvalue weighted by atomic mass is 10.6. The van der Waals surface area contributed by atoms with E-state index in [-0.39, 0.29) is 0 Å². The van der Waals surface area contributed by atoms with Gasteiger partial charge in [0.15, 0.2) is 0 Å². The van der Waals surface area contributed by atoms with E-state index in [1.807, 2.05) is 6.92 Å². The molecular weight excluding hydrogens is 342 g/mol. The van der Waals surface area contributed by atoms with Gasteiger partial charge >= 0.3 is 0 Å². The van der Waals surface area contributed by atoms with Crippen LogP contribution in [-0.2, 0) is 14.2 Å². The zero-order valence-corrected chi connectivity index (χ0v) is 14.0. The minimum Gasteiger partial charge on any atom is -0.474 e. The zero-order valence-electron chi connectivity index (χ0n) is 12.4. The summed E-state index contributed by atoms with van der Waals surface area (Å²) in [5.41, 5.74) is 0. The van der Waals surface area contributed by atoms with Gasteiger partial charge in [0.05, 0.1) is 43.7 Å². The number of aromatic nitrogens is 2. The van der Waals surface area contributed by atoms with E-state index in [0.29, 0.717) is 55.9 Å². The summed E-state index contributed by atoms with van der Waals surface area (Å²) < 4.78 is 21.8. The highest BCUT2D eigenvalue weighted by Crippen LogP contribution is 2.22. The molecule has 120 valence electrons. The maximum atomic E-state index is 5.55. The molecular formula is C13H22BrN3O4. The average Bonchev–Trinajstić information content (AvgIpc) is 2.49. The van der Waals surface area contributed by atoms with Crippen molar-refractivity contribution in [2.45, 2.75) is 6.92 Å². The van der Waals surface area contributed by atoms with Gasteiger partial charge in [0.25, 0.3) is 0 Å². The second-order valence-corrected chi connectivity index (χ2v) is 4.80. The van der Waals surface area contributed by atoms with Crippen molar-refractivity contribution in [2.24, 2.45) is 0 Å². The molecule has 0 bridgehead atoms. The number of ether oxygens (including phenoxy) is 4. The molecule has 21 heavy (non-hydrogen) atoms. The van der Waals surface area contributed by atoms with Crippen LogP contribution < -0.4 is 10.1 Å². The Morgan fingerprint density at radius 3 is 2.43 bits per heavy atom. The molecule has 0 atom stereocenters. The number of nitrogens with one attached hydrogen (secondary N) is 1. The molecule has 1 rings (SSSR count). The Kier molecular flexibility index (Phi) is 10.1. The molecule has 0 aromatic carbocycles. The van der Waals surface area contributed by atoms with Crippen LogP contribution in [0.15, 0.2) is 10.7 Å². The van der Waals surface area contributed by atoms with Gasteiger partial charge in [-0.1, -0.05) is 0 Å². The number of hydrogen-bond acceptors (Lipinski definition) is 7. The summed E-state index contributed by atoms with van der Waals surface area (Å²) in [4.78, 5) is 8.36. The zero-order chi connectivity index (χ0) is 15.3. The van der Waals surface area contributed by atoms with Gasteiger partial charge in [-0.2, -0.15) is 4.98 Å². The highest BCUT2D eigenvalue weighted by molar-refractivity contribution is 9.10. The van der Waals surface area contributed by atoms with Crippen LogP contribution in [0, 0.1) is 0 Å². The monoisotopic (exact) mass is 363 g/mol. The molecule has 0 radical (unpaired) electrons. The Balaban J connectivity index is 2.13. The van der Waals surface area contributed by atoms with E-state index in [4.69, 9.17) is 18.9 Å². The molecule has 1 N–H and O–H groups in total. The Labute approximate surface area is 133 Å². The number of hydrogen-bond donors (Lipinski definition) is 1. The molecule has 8 heteroatoms. The molecule has 0 saturated carbocycles. The van der Waals surface area contributed by atoms with Gasteiger partial charge in [0.2, 0.25) is 11.8 Å². The number of rotatable bonds is 12. The number of halogens is 1. The number of anilines is 1. The fourth-order valence-electron chi connectivity index (χ4n) is 1.36. The van der Waals surface area contributed by atoms with Gasteiger partial charge in [0.1, 0.15) is 6.61 Å². The lowest BCUT2D eigenvalue weighted by Gasteiger charge is -2.09. The molecule has 7 nitrogen and oxygen atoms in total. The van der Waals surface area contributed by atoms with Crippen molar-refractivity contribution in [3.05, 3.63) is 10.7 Å². The average molecular weight is 364 g/mol. The molecule has 1 aromatic heterocycles. The molecule has 0 unspecified atom stereocenters. The molecule has 0 aliphatic rings. The SMILES string of the molecule is CCNc1ncc(Br)c(OCCOCCOCCOC)n1. The van der Waals surface area contributed by atoms with Gasteiger partial charge in [-0.05, 0) is 22.9 Å². The maximum absolute atomic E-state index is 5.55. The molecule has 0 spiro atoms. The Morgan fingerprint density at radius 2 is 1.76 bits per heavy atom. The Bertz CT molecular complexity index is 396. The van der Waals surface area contributed by atoms with Crippen LogP contribution in [0.2, 0.25) is 0 Å². The topological polar surface area (TPSA) is 74.7 Å². The fourth-order valence-corrected chi connectivity index (χ4v) is 1.66. The largest absolute Gasteiger partial charge is 0.474 e. The summed E-state index contributed by atoms with van der Waals surface area (Å²) in [6, 6.07) is 0. The summed E-state index contributed by atoms with van der Waals surface area (Å²) in [6.07, 6.45) is 1.66. The minimum absolute atomic E-state index is 0.416. The smallest absolute Gasteiger partial charge is 0.232 e. The maximum Gasteiger partial charge on any atom is 0.232 e. The molecule has 1 heterocycles. The molecule has 0 fully saturated rings. The van der Waals surface area contributed by atoms with E-state index in [0.717, 1.165) is 6.54 Å². The van der Waals surface area contributed by atoms with Crippen LogP contribution in [0.3, 0.4) is 0 Å². The highest BCUT2D eigenvalue weighted by Gasteiger charge is 2.05. The molecule has 0 amide bonds. The van der Waals surface area contributed by atoms with Crippen molar-refractivity contribution < 1.29 is 18.9 Å². The van der Waals surface area contributed by atoms with Crippen molar-refractivity contribution in [1.29, 1.82) is 0 Å². The number of nitrogens with zero attached hydrogens (tertiary/aromatic N) is 2. The van der Waals surface area contributed by atoms with Crippen molar-refractivity contribution in [3.63, 3.8) is 0 Å². The van der Waals surface area contributed by atoms with E-state index in [1.54, 1.807) is 13.3 Å². The summed E-state index contributed by atoms with van der Waals surface area (Å²) in [7, 11) is 1.64. The normalized spacial score (nSPS) is 10.6. The number of methoxy groups -OCH3 is 1. The lowest BCUT2D eigenvalue weighted by Crippen LogP contribution is -2.13. The first-order valence-electron chi connectivity index (χ1n) is 6.81. The second kappa shape index (κ2) is 11.7. The summed E-state index contributed by atoms with van der Waals surface area (Å²) in [5.74, 6) is 1.05. The van der Waals surface area contributed by atoms with Gasteiger partial charge in [-0.25, -0.2) is 4.98 Å². The van der Waals surface area contributed by atoms with Crippen LogP contribution >= 0.6 is 15.9 Å². The standard InChI is InChI=1S/C13H22BrN3O4/c1-3-15-13-16-10-11(14)12(17-13)21-9-8-20-7-6-19-5-4-18-2/h10H,3-9H2,1-2H3,(H,15,16,17). The van der Waals surface area contributed by atoms with Crippen LogP contribution in [0.5, 0.6) is 5.88 Å². The van der Waals surface area contributed by atoms with Crippen molar-refractivity contribution >= 4 is 21.9 Å². The fraction of sp³-hybridized carbons (Fsp3) is 0.692. The molecule has 0 saturated heterocycles. The first kappa shape index (κ1) is 18.1. The quantitative estimate of drug-likeness (QED) is 0.566. The van der Waals surface area contributed by atoms with Crippen molar-refractivity contribution in [1.82, 2.24) is 9.97 Å². The summed E-state index contributed by atoms with van der Waals surface area (Å²) in [6.45, 7) is 5.88. The van der Waals surface area contributed by atoms with Gasteiger partial charge in [-0.3, -0.25) is 0 Å². The highest BCUT2D eigenvalue weighted by atomic mass is 79.9. The van der Waals surface area contributed by atoms with E-state index < -0.39 is 0 Å². The van der Waals surface area contributed by atoms with E-state index in [2.05, 4.69) is 31.2 Å².